The summed E-state index contributed by atoms with van der Waals surface area (Å²) >= 11 is 0. The van der Waals surface area contributed by atoms with Gasteiger partial charge in [-0.2, -0.15) is 0 Å². The van der Waals surface area contributed by atoms with Crippen molar-refractivity contribution in [3.8, 4) is 0 Å². The maximum Gasteiger partial charge on any atom is 0.0746 e. The van der Waals surface area contributed by atoms with Crippen LogP contribution in [0.15, 0.2) is 0 Å². The molecular formula is C26H54OP+. The number of unbranched alkanes of at least 4 members (excludes halogenated alkanes) is 1. The summed E-state index contributed by atoms with van der Waals surface area (Å²) < 4.78 is 0. The van der Waals surface area contributed by atoms with Gasteiger partial charge < -0.3 is 5.11 Å². The van der Waals surface area contributed by atoms with Gasteiger partial charge in [-0.15, -0.1) is 0 Å². The lowest BCUT2D eigenvalue weighted by Crippen LogP contribution is -2.41. The highest BCUT2D eigenvalue weighted by molar-refractivity contribution is 7.77. The van der Waals surface area contributed by atoms with Gasteiger partial charge in [0.05, 0.1) is 29.2 Å². The second-order valence-corrected chi connectivity index (χ2v) is 16.5. The molecule has 28 heavy (non-hydrogen) atoms. The van der Waals surface area contributed by atoms with Gasteiger partial charge in [-0.25, -0.2) is 0 Å². The molecule has 0 radical (unpaired) electrons. The molecule has 5 atom stereocenters. The monoisotopic (exact) mass is 413 g/mol. The molecule has 1 fully saturated rings. The Bertz CT molecular complexity index is 444. The van der Waals surface area contributed by atoms with Crippen molar-refractivity contribution in [3.63, 3.8) is 0 Å². The van der Waals surface area contributed by atoms with Crippen LogP contribution >= 0.6 is 7.26 Å². The molecule has 1 aliphatic rings. The van der Waals surface area contributed by atoms with E-state index in [1.54, 1.807) is 0 Å². The highest BCUT2D eigenvalue weighted by atomic mass is 31.2. The molecule has 0 heterocycles. The summed E-state index contributed by atoms with van der Waals surface area (Å²) in [5.41, 5.74) is 1.24. The first-order chi connectivity index (χ1) is 13.0. The third-order valence-electron chi connectivity index (χ3n) is 8.78. The van der Waals surface area contributed by atoms with Crippen LogP contribution in [0.1, 0.15) is 120 Å². The summed E-state index contributed by atoms with van der Waals surface area (Å²) in [7, 11) is -1.04. The Hall–Kier alpha value is 0.390. The highest BCUT2D eigenvalue weighted by Crippen LogP contribution is 2.74. The first-order valence-corrected chi connectivity index (χ1v) is 14.8. The molecule has 0 spiro atoms. The average Bonchev–Trinajstić information content (AvgIpc) is 2.62. The molecule has 0 aromatic rings. The number of aliphatic hydroxyl groups excluding tert-OH is 1. The fraction of sp³-hybridized carbons (Fsp3) is 1.00. The standard InChI is InChI=1S/C26H54OP/c1-10-14-18-28(13-4,26(8,9)16-11-2)21(5)19-22(12-3)24-20-23(27)15-17-25(24,6)7/h21-24,27H,10-20H2,1-9H3/q+1/t21?,22-,23+,24?,28?/m0/s1. The van der Waals surface area contributed by atoms with E-state index in [-0.39, 0.29) is 6.10 Å². The first kappa shape index (κ1) is 26.4. The van der Waals surface area contributed by atoms with Gasteiger partial charge in [-0.3, -0.25) is 0 Å². The van der Waals surface area contributed by atoms with Gasteiger partial charge in [0.15, 0.2) is 0 Å². The van der Waals surface area contributed by atoms with Crippen molar-refractivity contribution in [1.29, 1.82) is 0 Å². The van der Waals surface area contributed by atoms with Crippen molar-refractivity contribution in [3.05, 3.63) is 0 Å². The average molecular weight is 414 g/mol. The Balaban J connectivity index is 3.14. The summed E-state index contributed by atoms with van der Waals surface area (Å²) in [5.74, 6) is 1.45. The van der Waals surface area contributed by atoms with Gasteiger partial charge in [-0.1, -0.05) is 53.9 Å². The van der Waals surface area contributed by atoms with Crippen molar-refractivity contribution in [2.45, 2.75) is 137 Å². The van der Waals surface area contributed by atoms with Crippen LogP contribution in [0, 0.1) is 17.3 Å². The molecule has 0 aliphatic heterocycles. The molecule has 0 amide bonds. The van der Waals surface area contributed by atoms with Gasteiger partial charge in [0.1, 0.15) is 0 Å². The molecule has 3 unspecified atom stereocenters. The van der Waals surface area contributed by atoms with Gasteiger partial charge in [0.25, 0.3) is 0 Å². The predicted octanol–water partition coefficient (Wildman–Crippen LogP) is 8.39. The maximum absolute atomic E-state index is 10.4. The smallest absolute Gasteiger partial charge is 0.0746 e. The largest absolute Gasteiger partial charge is 0.393 e. The molecule has 1 N–H and O–H groups in total. The summed E-state index contributed by atoms with van der Waals surface area (Å²) in [6.07, 6.45) is 14.1. The predicted molar refractivity (Wildman–Crippen MR) is 131 cm³/mol. The van der Waals surface area contributed by atoms with Crippen LogP contribution in [0.5, 0.6) is 0 Å². The lowest BCUT2D eigenvalue weighted by molar-refractivity contribution is -0.00356. The molecule has 1 aliphatic carbocycles. The number of rotatable bonds is 12. The van der Waals surface area contributed by atoms with Crippen molar-refractivity contribution < 1.29 is 5.11 Å². The zero-order chi connectivity index (χ0) is 21.6. The van der Waals surface area contributed by atoms with Crippen LogP contribution in [0.25, 0.3) is 0 Å². The van der Waals surface area contributed by atoms with E-state index in [9.17, 15) is 5.11 Å². The lowest BCUT2D eigenvalue weighted by Gasteiger charge is -2.48. The van der Waals surface area contributed by atoms with Gasteiger partial charge >= 0.3 is 0 Å². The summed E-state index contributed by atoms with van der Waals surface area (Å²) in [5, 5.41) is 10.9. The zero-order valence-corrected chi connectivity index (χ0v) is 21.9. The number of hydrogen-bond donors (Lipinski definition) is 1. The molecule has 0 bridgehead atoms. The third-order valence-corrected chi connectivity index (χ3v) is 15.6. The normalized spacial score (nSPS) is 27.2. The van der Waals surface area contributed by atoms with E-state index in [4.69, 9.17) is 0 Å². The van der Waals surface area contributed by atoms with Crippen LogP contribution in [-0.2, 0) is 0 Å². The minimum Gasteiger partial charge on any atom is -0.393 e. The van der Waals surface area contributed by atoms with E-state index in [0.29, 0.717) is 16.5 Å². The first-order valence-electron chi connectivity index (χ1n) is 12.6. The molecule has 0 aromatic heterocycles. The van der Waals surface area contributed by atoms with E-state index >= 15 is 0 Å². The van der Waals surface area contributed by atoms with E-state index in [1.807, 2.05) is 0 Å². The summed E-state index contributed by atoms with van der Waals surface area (Å²) in [6, 6.07) is 0. The quantitative estimate of drug-likeness (QED) is 0.318. The Morgan fingerprint density at radius 2 is 1.75 bits per heavy atom. The zero-order valence-electron chi connectivity index (χ0n) is 21.0. The van der Waals surface area contributed by atoms with Gasteiger partial charge in [0, 0.05) is 7.26 Å². The van der Waals surface area contributed by atoms with Crippen LogP contribution < -0.4 is 0 Å². The molecular weight excluding hydrogens is 359 g/mol. The molecule has 0 saturated heterocycles. The van der Waals surface area contributed by atoms with Crippen LogP contribution in [0.3, 0.4) is 0 Å². The molecule has 2 heteroatoms. The molecule has 168 valence electrons. The van der Waals surface area contributed by atoms with Crippen molar-refractivity contribution in [1.82, 2.24) is 0 Å². The lowest BCUT2D eigenvalue weighted by atomic mass is 9.62. The molecule has 1 saturated carbocycles. The highest BCUT2D eigenvalue weighted by Gasteiger charge is 2.54. The van der Waals surface area contributed by atoms with E-state index in [2.05, 4.69) is 62.3 Å². The number of hydrogen-bond acceptors (Lipinski definition) is 1. The van der Waals surface area contributed by atoms with Crippen LogP contribution in [0.2, 0.25) is 0 Å². The van der Waals surface area contributed by atoms with Crippen LogP contribution in [0.4, 0.5) is 0 Å². The second kappa shape index (κ2) is 11.1. The molecule has 1 nitrogen and oxygen atoms in total. The van der Waals surface area contributed by atoms with Crippen molar-refractivity contribution in [2.24, 2.45) is 17.3 Å². The van der Waals surface area contributed by atoms with Crippen LogP contribution in [-0.4, -0.2) is 34.3 Å². The minimum atomic E-state index is -1.04. The van der Waals surface area contributed by atoms with E-state index in [1.165, 1.54) is 57.3 Å². The Labute approximate surface area is 179 Å². The Kier molecular flexibility index (Phi) is 10.5. The summed E-state index contributed by atoms with van der Waals surface area (Å²) in [4.78, 5) is 0. The SMILES string of the molecule is CCCC[P+](CC)(C(C)C[C@H](CC)C1C[C@H](O)CCC1(C)C)C(C)(C)CCC. The van der Waals surface area contributed by atoms with Gasteiger partial charge in [-0.05, 0) is 83.5 Å². The summed E-state index contributed by atoms with van der Waals surface area (Å²) in [6.45, 7) is 22.4. The Morgan fingerprint density at radius 1 is 1.11 bits per heavy atom. The Morgan fingerprint density at radius 3 is 2.25 bits per heavy atom. The molecule has 0 aromatic carbocycles. The fourth-order valence-electron chi connectivity index (χ4n) is 6.83. The second-order valence-electron chi connectivity index (χ2n) is 11.3. The maximum atomic E-state index is 10.4. The number of aliphatic hydroxyl groups is 1. The van der Waals surface area contributed by atoms with Crippen molar-refractivity contribution >= 4 is 7.26 Å². The minimum absolute atomic E-state index is 0.0651. The third kappa shape index (κ3) is 5.97. The topological polar surface area (TPSA) is 20.2 Å². The molecule has 1 rings (SSSR count). The van der Waals surface area contributed by atoms with E-state index < -0.39 is 7.26 Å². The fourth-order valence-corrected chi connectivity index (χ4v) is 13.1. The van der Waals surface area contributed by atoms with Gasteiger partial charge in [0.2, 0.25) is 0 Å². The van der Waals surface area contributed by atoms with E-state index in [0.717, 1.165) is 24.4 Å². The van der Waals surface area contributed by atoms with Crippen molar-refractivity contribution in [2.75, 3.05) is 12.3 Å².